The van der Waals surface area contributed by atoms with Crippen LogP contribution in [0.4, 0.5) is 0 Å². The molecule has 8 heteroatoms. The third kappa shape index (κ3) is 2.18. The zero-order valence-corrected chi connectivity index (χ0v) is 14.2. The summed E-state index contributed by atoms with van der Waals surface area (Å²) >= 11 is 3.38. The highest BCUT2D eigenvalue weighted by molar-refractivity contribution is 9.10. The molecule has 0 aliphatic carbocycles. The van der Waals surface area contributed by atoms with Crippen LogP contribution in [0.1, 0.15) is 26.3 Å². The molecule has 0 radical (unpaired) electrons. The molecule has 2 aromatic carbocycles. The van der Waals surface area contributed by atoms with Gasteiger partial charge in [-0.25, -0.2) is 9.97 Å². The summed E-state index contributed by atoms with van der Waals surface area (Å²) in [5.41, 5.74) is 0.173. The van der Waals surface area contributed by atoms with Gasteiger partial charge in [-0.2, -0.15) is 0 Å². The number of aromatic hydroxyl groups is 2. The second-order valence-electron chi connectivity index (χ2n) is 5.49. The van der Waals surface area contributed by atoms with Gasteiger partial charge in [0.1, 0.15) is 22.2 Å². The summed E-state index contributed by atoms with van der Waals surface area (Å²) in [6, 6.07) is 7.17. The molecular weight excluding hydrogens is 390 g/mol. The Kier molecular flexibility index (Phi) is 3.43. The van der Waals surface area contributed by atoms with E-state index in [0.29, 0.717) is 0 Å². The number of hydrogen-bond acceptors (Lipinski definition) is 6. The summed E-state index contributed by atoms with van der Waals surface area (Å²) in [5.74, 6) is -2.28. The van der Waals surface area contributed by atoms with Crippen LogP contribution in [0.25, 0.3) is 11.0 Å². The van der Waals surface area contributed by atoms with Gasteiger partial charge in [-0.3, -0.25) is 14.5 Å². The van der Waals surface area contributed by atoms with Crippen LogP contribution in [0.15, 0.2) is 41.1 Å². The van der Waals surface area contributed by atoms with Crippen molar-refractivity contribution >= 4 is 38.8 Å². The van der Waals surface area contributed by atoms with Crippen LogP contribution in [0.3, 0.4) is 0 Å². The summed E-state index contributed by atoms with van der Waals surface area (Å²) < 4.78 is 0.744. The summed E-state index contributed by atoms with van der Waals surface area (Å²) in [4.78, 5) is 34.3. The number of carbonyl (C=O) groups is 2. The Morgan fingerprint density at radius 1 is 0.920 bits per heavy atom. The van der Waals surface area contributed by atoms with Crippen LogP contribution in [-0.2, 0) is 6.54 Å². The number of halogens is 1. The molecule has 0 bridgehead atoms. The van der Waals surface area contributed by atoms with E-state index in [1.54, 1.807) is 18.2 Å². The fourth-order valence-electron chi connectivity index (χ4n) is 2.88. The highest BCUT2D eigenvalue weighted by Gasteiger charge is 2.42. The molecule has 2 amide bonds. The quantitative estimate of drug-likeness (QED) is 0.506. The lowest BCUT2D eigenvalue weighted by molar-refractivity contribution is 0.0640. The molecule has 3 aromatic rings. The van der Waals surface area contributed by atoms with Crippen molar-refractivity contribution in [2.24, 2.45) is 0 Å². The summed E-state index contributed by atoms with van der Waals surface area (Å²) in [7, 11) is 0. The van der Waals surface area contributed by atoms with E-state index >= 15 is 0 Å². The standard InChI is InChI=1S/C17H10BrN3O4/c18-9-4-2-1-3-8(9)7-21-16(24)10-11(17(21)25)15(23)13-12(14(10)22)19-5-6-20-13/h1-6,22-23H,7H2. The van der Waals surface area contributed by atoms with E-state index in [1.807, 2.05) is 6.07 Å². The second-order valence-corrected chi connectivity index (χ2v) is 6.34. The SMILES string of the molecule is O=C1c2c(c(O)c3nccnc3c2O)C(=O)N1Cc1ccccc1Br. The minimum absolute atomic E-state index is 0.00382. The van der Waals surface area contributed by atoms with E-state index in [2.05, 4.69) is 25.9 Å². The van der Waals surface area contributed by atoms with Crippen LogP contribution < -0.4 is 0 Å². The molecule has 1 aliphatic rings. The third-order valence-corrected chi connectivity index (χ3v) is 4.85. The monoisotopic (exact) mass is 399 g/mol. The number of carbonyl (C=O) groups excluding carboxylic acids is 2. The minimum Gasteiger partial charge on any atom is -0.505 e. The van der Waals surface area contributed by atoms with Crippen LogP contribution in [0.2, 0.25) is 0 Å². The number of amides is 2. The van der Waals surface area contributed by atoms with Crippen molar-refractivity contribution in [1.29, 1.82) is 0 Å². The first kappa shape index (κ1) is 15.5. The van der Waals surface area contributed by atoms with Gasteiger partial charge in [0, 0.05) is 16.9 Å². The molecule has 0 saturated heterocycles. The van der Waals surface area contributed by atoms with Crippen molar-refractivity contribution < 1.29 is 19.8 Å². The van der Waals surface area contributed by atoms with E-state index in [4.69, 9.17) is 0 Å². The number of hydrogen-bond donors (Lipinski definition) is 2. The minimum atomic E-state index is -0.684. The lowest BCUT2D eigenvalue weighted by Crippen LogP contribution is -2.29. The van der Waals surface area contributed by atoms with Gasteiger partial charge in [-0.05, 0) is 11.6 Å². The number of benzene rings is 2. The molecule has 7 nitrogen and oxygen atoms in total. The first-order valence-corrected chi connectivity index (χ1v) is 8.08. The average Bonchev–Trinajstić information content (AvgIpc) is 2.86. The second kappa shape index (κ2) is 5.52. The number of nitrogens with zero attached hydrogens (tertiary/aromatic N) is 3. The smallest absolute Gasteiger partial charge is 0.265 e. The summed E-state index contributed by atoms with van der Waals surface area (Å²) in [6.07, 6.45) is 2.65. The molecule has 0 fully saturated rings. The molecule has 2 N–H and O–H groups in total. The molecular formula is C17H10BrN3O4. The number of fused-ring (bicyclic) bond motifs is 2. The first-order valence-electron chi connectivity index (χ1n) is 7.29. The van der Waals surface area contributed by atoms with Crippen LogP contribution in [0.5, 0.6) is 11.5 Å². The fourth-order valence-corrected chi connectivity index (χ4v) is 3.29. The molecule has 1 aliphatic heterocycles. The van der Waals surface area contributed by atoms with Crippen LogP contribution >= 0.6 is 15.9 Å². The Bertz CT molecular complexity index is 1010. The normalized spacial score (nSPS) is 13.6. The van der Waals surface area contributed by atoms with Gasteiger partial charge < -0.3 is 10.2 Å². The maximum absolute atomic E-state index is 12.7. The highest BCUT2D eigenvalue weighted by atomic mass is 79.9. The summed E-state index contributed by atoms with van der Waals surface area (Å²) in [6.45, 7) is 0.00382. The average molecular weight is 400 g/mol. The predicted molar refractivity (Wildman–Crippen MR) is 91.2 cm³/mol. The topological polar surface area (TPSA) is 104 Å². The molecule has 1 aromatic heterocycles. The number of rotatable bonds is 2. The van der Waals surface area contributed by atoms with Crippen molar-refractivity contribution in [2.75, 3.05) is 0 Å². The Hall–Kier alpha value is -3.00. The van der Waals surface area contributed by atoms with Gasteiger partial charge in [0.2, 0.25) is 0 Å². The molecule has 0 spiro atoms. The van der Waals surface area contributed by atoms with Gasteiger partial charge in [-0.1, -0.05) is 34.1 Å². The Morgan fingerprint density at radius 3 is 1.96 bits per heavy atom. The molecule has 2 heterocycles. The van der Waals surface area contributed by atoms with E-state index in [9.17, 15) is 19.8 Å². The highest BCUT2D eigenvalue weighted by Crippen LogP contribution is 2.42. The maximum Gasteiger partial charge on any atom is 0.265 e. The van der Waals surface area contributed by atoms with Crippen LogP contribution in [0, 0.1) is 0 Å². The lowest BCUT2D eigenvalue weighted by atomic mass is 10.1. The molecule has 0 unspecified atom stereocenters. The number of imide groups is 1. The molecule has 0 atom stereocenters. The maximum atomic E-state index is 12.7. The van der Waals surface area contributed by atoms with Crippen molar-refractivity contribution in [1.82, 2.24) is 14.9 Å². The van der Waals surface area contributed by atoms with Crippen molar-refractivity contribution in [3.8, 4) is 11.5 Å². The zero-order chi connectivity index (χ0) is 17.7. The lowest BCUT2D eigenvalue weighted by Gasteiger charge is -2.14. The van der Waals surface area contributed by atoms with E-state index in [0.717, 1.165) is 14.9 Å². The van der Waals surface area contributed by atoms with Gasteiger partial charge in [-0.15, -0.1) is 0 Å². The van der Waals surface area contributed by atoms with Gasteiger partial charge in [0.15, 0.2) is 11.5 Å². The van der Waals surface area contributed by atoms with Gasteiger partial charge >= 0.3 is 0 Å². The number of phenolic OH excluding ortho intramolecular Hbond substituents is 2. The van der Waals surface area contributed by atoms with Gasteiger partial charge in [0.25, 0.3) is 11.8 Å². The predicted octanol–water partition coefficient (Wildman–Crippen LogP) is 2.60. The third-order valence-electron chi connectivity index (χ3n) is 4.07. The van der Waals surface area contributed by atoms with Crippen molar-refractivity contribution in [3.63, 3.8) is 0 Å². The Labute approximate surface area is 149 Å². The Morgan fingerprint density at radius 2 is 1.44 bits per heavy atom. The van der Waals surface area contributed by atoms with Crippen molar-refractivity contribution in [3.05, 3.63) is 57.8 Å². The van der Waals surface area contributed by atoms with E-state index < -0.39 is 23.3 Å². The van der Waals surface area contributed by atoms with E-state index in [-0.39, 0.29) is 28.7 Å². The Balaban J connectivity index is 1.88. The molecule has 25 heavy (non-hydrogen) atoms. The number of aromatic nitrogens is 2. The number of phenols is 2. The zero-order valence-electron chi connectivity index (χ0n) is 12.6. The molecule has 0 saturated carbocycles. The van der Waals surface area contributed by atoms with E-state index in [1.165, 1.54) is 12.4 Å². The largest absolute Gasteiger partial charge is 0.505 e. The van der Waals surface area contributed by atoms with Gasteiger partial charge in [0.05, 0.1) is 6.54 Å². The summed E-state index contributed by atoms with van der Waals surface area (Å²) in [5, 5.41) is 20.8. The van der Waals surface area contributed by atoms with Crippen molar-refractivity contribution in [2.45, 2.75) is 6.54 Å². The molecule has 124 valence electrons. The molecule has 4 rings (SSSR count). The van der Waals surface area contributed by atoms with Crippen LogP contribution in [-0.4, -0.2) is 36.9 Å². The first-order chi connectivity index (χ1) is 12.0. The fraction of sp³-hybridized carbons (Fsp3) is 0.0588.